The van der Waals surface area contributed by atoms with Crippen LogP contribution < -0.4 is 0 Å². The summed E-state index contributed by atoms with van der Waals surface area (Å²) in [6.07, 6.45) is 14.6. The van der Waals surface area contributed by atoms with Gasteiger partial charge in [-0.2, -0.15) is 0 Å². The molecule has 0 aliphatic heterocycles. The molecule has 2 fully saturated rings. The van der Waals surface area contributed by atoms with Crippen LogP contribution in [0.1, 0.15) is 81.8 Å². The van der Waals surface area contributed by atoms with E-state index in [2.05, 4.69) is 43.8 Å². The minimum atomic E-state index is 0.758. The van der Waals surface area contributed by atoms with Gasteiger partial charge in [0.25, 0.3) is 0 Å². The zero-order valence-electron chi connectivity index (χ0n) is 16.1. The summed E-state index contributed by atoms with van der Waals surface area (Å²) in [5, 5.41) is 0. The van der Waals surface area contributed by atoms with E-state index in [1.54, 1.807) is 5.56 Å². The maximum Gasteiger partial charge on any atom is 0.0716 e. The van der Waals surface area contributed by atoms with Crippen molar-refractivity contribution in [3.8, 4) is 0 Å². The first-order chi connectivity index (χ1) is 12.3. The van der Waals surface area contributed by atoms with Gasteiger partial charge < -0.3 is 4.74 Å². The van der Waals surface area contributed by atoms with Crippen LogP contribution in [-0.2, 0) is 11.3 Å². The Bertz CT molecular complexity index is 501. The van der Waals surface area contributed by atoms with Crippen LogP contribution in [0.5, 0.6) is 0 Å². The average Bonchev–Trinajstić information content (AvgIpc) is 2.69. The predicted molar refractivity (Wildman–Crippen MR) is 107 cm³/mol. The van der Waals surface area contributed by atoms with Crippen molar-refractivity contribution in [2.75, 3.05) is 6.61 Å². The molecule has 1 aromatic rings. The van der Waals surface area contributed by atoms with Crippen LogP contribution in [0.25, 0.3) is 0 Å². The molecule has 2 aliphatic carbocycles. The summed E-state index contributed by atoms with van der Waals surface area (Å²) in [5.41, 5.74) is 2.86. The van der Waals surface area contributed by atoms with Crippen molar-refractivity contribution >= 4 is 0 Å². The molecule has 0 radical (unpaired) electrons. The fourth-order valence-corrected chi connectivity index (χ4v) is 5.00. The predicted octanol–water partition coefficient (Wildman–Crippen LogP) is 6.88. The Kier molecular flexibility index (Phi) is 7.16. The first-order valence-corrected chi connectivity index (χ1v) is 10.6. The molecule has 1 nitrogen and oxygen atoms in total. The Balaban J connectivity index is 1.45. The lowest BCUT2D eigenvalue weighted by Gasteiger charge is -2.37. The van der Waals surface area contributed by atoms with Crippen LogP contribution in [0.3, 0.4) is 0 Å². The topological polar surface area (TPSA) is 9.23 Å². The van der Waals surface area contributed by atoms with Crippen molar-refractivity contribution in [1.29, 1.82) is 0 Å². The van der Waals surface area contributed by atoms with Crippen molar-refractivity contribution in [3.05, 3.63) is 48.0 Å². The molecule has 3 rings (SSSR count). The van der Waals surface area contributed by atoms with Crippen molar-refractivity contribution < 1.29 is 4.74 Å². The van der Waals surface area contributed by atoms with Crippen molar-refractivity contribution in [2.45, 2.75) is 77.2 Å². The van der Waals surface area contributed by atoms with Crippen LogP contribution >= 0.6 is 0 Å². The highest BCUT2D eigenvalue weighted by Crippen LogP contribution is 2.44. The number of benzene rings is 1. The van der Waals surface area contributed by atoms with E-state index in [1.807, 2.05) is 0 Å². The molecule has 25 heavy (non-hydrogen) atoms. The number of ether oxygens (including phenoxy) is 1. The second-order valence-electron chi connectivity index (χ2n) is 8.32. The lowest BCUT2D eigenvalue weighted by atomic mass is 9.68. The van der Waals surface area contributed by atoms with Crippen molar-refractivity contribution in [3.63, 3.8) is 0 Å². The maximum absolute atomic E-state index is 5.64. The van der Waals surface area contributed by atoms with Crippen molar-refractivity contribution in [2.24, 2.45) is 17.8 Å². The number of allylic oxidation sites excluding steroid dienone is 1. The highest BCUT2D eigenvalue weighted by Gasteiger charge is 2.30. The Hall–Kier alpha value is -1.08. The zero-order chi connectivity index (χ0) is 17.5. The Morgan fingerprint density at radius 3 is 2.08 bits per heavy atom. The molecule has 1 aromatic carbocycles. The fourth-order valence-electron chi connectivity index (χ4n) is 5.00. The molecule has 0 atom stereocenters. The van der Waals surface area contributed by atoms with Crippen LogP contribution in [0.2, 0.25) is 0 Å². The van der Waals surface area contributed by atoms with Gasteiger partial charge in [0.1, 0.15) is 0 Å². The molecule has 0 amide bonds. The van der Waals surface area contributed by atoms with Crippen LogP contribution in [0.4, 0.5) is 0 Å². The first-order valence-electron chi connectivity index (χ1n) is 10.6. The SMILES string of the molecule is C=CC1CCC(C2CCC(c3ccc(COCCC)cc3)CC2)CC1. The van der Waals surface area contributed by atoms with Crippen molar-refractivity contribution in [1.82, 2.24) is 0 Å². The van der Waals surface area contributed by atoms with Crippen LogP contribution in [0, 0.1) is 17.8 Å². The van der Waals surface area contributed by atoms with E-state index < -0.39 is 0 Å². The summed E-state index contributed by atoms with van der Waals surface area (Å²) in [5.74, 6) is 3.57. The average molecular weight is 341 g/mol. The first kappa shape index (κ1) is 18.7. The molecular weight excluding hydrogens is 304 g/mol. The molecule has 0 aromatic heterocycles. The summed E-state index contributed by atoms with van der Waals surface area (Å²) in [6, 6.07) is 9.25. The van der Waals surface area contributed by atoms with Crippen LogP contribution in [0.15, 0.2) is 36.9 Å². The van der Waals surface area contributed by atoms with Gasteiger partial charge in [-0.3, -0.25) is 0 Å². The zero-order valence-corrected chi connectivity index (χ0v) is 16.1. The molecular formula is C24H36O. The van der Waals surface area contributed by atoms with E-state index in [1.165, 1.54) is 56.9 Å². The second-order valence-corrected chi connectivity index (χ2v) is 8.32. The molecule has 0 spiro atoms. The summed E-state index contributed by atoms with van der Waals surface area (Å²) < 4.78 is 5.64. The Morgan fingerprint density at radius 2 is 1.52 bits per heavy atom. The summed E-state index contributed by atoms with van der Waals surface area (Å²) >= 11 is 0. The smallest absolute Gasteiger partial charge is 0.0716 e. The molecule has 0 bridgehead atoms. The van der Waals surface area contributed by atoms with Gasteiger partial charge in [0, 0.05) is 6.61 Å². The van der Waals surface area contributed by atoms with Gasteiger partial charge in [0.15, 0.2) is 0 Å². The molecule has 0 saturated heterocycles. The molecule has 2 saturated carbocycles. The minimum Gasteiger partial charge on any atom is -0.377 e. The van der Waals surface area contributed by atoms with E-state index in [0.29, 0.717) is 0 Å². The number of hydrogen-bond donors (Lipinski definition) is 0. The van der Waals surface area contributed by atoms with Gasteiger partial charge in [-0.05, 0) is 92.6 Å². The molecule has 1 heteroatoms. The minimum absolute atomic E-state index is 0.758. The summed E-state index contributed by atoms with van der Waals surface area (Å²) in [7, 11) is 0. The third-order valence-electron chi connectivity index (χ3n) is 6.66. The van der Waals surface area contributed by atoms with Gasteiger partial charge in [0.2, 0.25) is 0 Å². The molecule has 138 valence electrons. The fraction of sp³-hybridized carbons (Fsp3) is 0.667. The Labute approximate surface area is 154 Å². The summed E-state index contributed by atoms with van der Waals surface area (Å²) in [4.78, 5) is 0. The maximum atomic E-state index is 5.64. The highest BCUT2D eigenvalue weighted by molar-refractivity contribution is 5.25. The van der Waals surface area contributed by atoms with Gasteiger partial charge >= 0.3 is 0 Å². The van der Waals surface area contributed by atoms with E-state index in [0.717, 1.165) is 43.3 Å². The third-order valence-corrected chi connectivity index (χ3v) is 6.66. The van der Waals surface area contributed by atoms with E-state index >= 15 is 0 Å². The number of rotatable bonds is 7. The van der Waals surface area contributed by atoms with Gasteiger partial charge in [0.05, 0.1) is 6.61 Å². The molecule has 2 aliphatic rings. The van der Waals surface area contributed by atoms with Gasteiger partial charge in [-0.25, -0.2) is 0 Å². The van der Waals surface area contributed by atoms with E-state index in [-0.39, 0.29) is 0 Å². The Morgan fingerprint density at radius 1 is 0.920 bits per heavy atom. The standard InChI is InChI=1S/C24H36O/c1-3-17-25-18-20-7-11-22(12-8-20)24-15-13-23(14-16-24)21-9-5-19(4-2)6-10-21/h4,7-8,11-12,19,21,23-24H,2-3,5-6,9-10,13-18H2,1H3. The third kappa shape index (κ3) is 5.20. The largest absolute Gasteiger partial charge is 0.377 e. The lowest BCUT2D eigenvalue weighted by molar-refractivity contribution is 0.121. The quantitative estimate of drug-likeness (QED) is 0.388. The van der Waals surface area contributed by atoms with Gasteiger partial charge in [-0.1, -0.05) is 37.3 Å². The van der Waals surface area contributed by atoms with E-state index in [4.69, 9.17) is 4.74 Å². The van der Waals surface area contributed by atoms with Crippen LogP contribution in [-0.4, -0.2) is 6.61 Å². The molecule has 0 heterocycles. The molecule has 0 unspecified atom stereocenters. The highest BCUT2D eigenvalue weighted by atomic mass is 16.5. The van der Waals surface area contributed by atoms with Gasteiger partial charge in [-0.15, -0.1) is 6.58 Å². The monoisotopic (exact) mass is 340 g/mol. The summed E-state index contributed by atoms with van der Waals surface area (Å²) in [6.45, 7) is 7.76. The second kappa shape index (κ2) is 9.57. The van der Waals surface area contributed by atoms with E-state index in [9.17, 15) is 0 Å². The molecule has 0 N–H and O–H groups in total. The lowest BCUT2D eigenvalue weighted by Crippen LogP contribution is -2.25. The normalized spacial score (nSPS) is 30.1. The number of hydrogen-bond acceptors (Lipinski definition) is 1.